The highest BCUT2D eigenvalue weighted by molar-refractivity contribution is 7.03. The molecule has 1 unspecified atom stereocenters. The van der Waals surface area contributed by atoms with Crippen LogP contribution in [0, 0.1) is 0 Å². The van der Waals surface area contributed by atoms with Gasteiger partial charge < -0.3 is 5.32 Å². The third-order valence-corrected chi connectivity index (χ3v) is 3.17. The molecule has 0 aromatic carbocycles. The molecule has 0 saturated carbocycles. The van der Waals surface area contributed by atoms with E-state index in [1.54, 1.807) is 0 Å². The molecule has 98 valence electrons. The topological polar surface area (TPSA) is 68.5 Å². The van der Waals surface area contributed by atoms with E-state index in [0.717, 1.165) is 37.3 Å². The molecule has 0 saturated heterocycles. The van der Waals surface area contributed by atoms with Crippen LogP contribution in [-0.2, 0) is 6.54 Å². The van der Waals surface area contributed by atoms with Crippen molar-refractivity contribution in [3.05, 3.63) is 23.0 Å². The molecule has 7 heteroatoms. The second kappa shape index (κ2) is 6.55. The Bertz CT molecular complexity index is 452. The lowest BCUT2D eigenvalue weighted by Gasteiger charge is -2.16. The molecule has 0 amide bonds. The Morgan fingerprint density at radius 1 is 1.39 bits per heavy atom. The van der Waals surface area contributed by atoms with Crippen molar-refractivity contribution in [2.75, 3.05) is 6.54 Å². The van der Waals surface area contributed by atoms with Crippen molar-refractivity contribution in [2.24, 2.45) is 0 Å². The van der Waals surface area contributed by atoms with Crippen LogP contribution in [0.4, 0.5) is 0 Å². The maximum Gasteiger partial charge on any atom is 0.0986 e. The van der Waals surface area contributed by atoms with Gasteiger partial charge in [0.05, 0.1) is 23.6 Å². The number of hydrogen-bond donors (Lipinski definition) is 1. The van der Waals surface area contributed by atoms with Gasteiger partial charge in [0.2, 0.25) is 0 Å². The molecule has 2 aromatic rings. The van der Waals surface area contributed by atoms with Crippen LogP contribution in [0.15, 0.2) is 11.6 Å². The molecule has 0 fully saturated rings. The van der Waals surface area contributed by atoms with Gasteiger partial charge in [0.1, 0.15) is 0 Å². The Labute approximate surface area is 111 Å². The minimum Gasteiger partial charge on any atom is -0.304 e. The Hall–Kier alpha value is -1.34. The van der Waals surface area contributed by atoms with Gasteiger partial charge in [-0.05, 0) is 30.9 Å². The molecule has 0 radical (unpaired) electrons. The fraction of sp³-hybridized carbons (Fsp3) is 0.636. The SMILES string of the molecule is CCCNC(c1csnn1)c1cnnn1CCC. The summed E-state index contributed by atoms with van der Waals surface area (Å²) in [7, 11) is 0. The fourth-order valence-electron chi connectivity index (χ4n) is 1.82. The van der Waals surface area contributed by atoms with Crippen LogP contribution >= 0.6 is 11.5 Å². The first kappa shape index (κ1) is 13.1. The largest absolute Gasteiger partial charge is 0.304 e. The molecule has 2 aromatic heterocycles. The minimum absolute atomic E-state index is 0.0326. The standard InChI is InChI=1S/C11H18N6S/c1-3-5-12-11(9-8-18-16-14-9)10-7-13-15-17(10)6-4-2/h7-8,11-12H,3-6H2,1-2H3. The van der Waals surface area contributed by atoms with Gasteiger partial charge in [-0.1, -0.05) is 23.5 Å². The van der Waals surface area contributed by atoms with Gasteiger partial charge >= 0.3 is 0 Å². The summed E-state index contributed by atoms with van der Waals surface area (Å²) in [6, 6.07) is 0.0326. The summed E-state index contributed by atoms with van der Waals surface area (Å²) >= 11 is 1.37. The van der Waals surface area contributed by atoms with E-state index in [1.807, 2.05) is 16.3 Å². The zero-order chi connectivity index (χ0) is 12.8. The predicted octanol–water partition coefficient (Wildman–Crippen LogP) is 1.63. The van der Waals surface area contributed by atoms with Gasteiger partial charge in [-0.15, -0.1) is 10.2 Å². The first-order valence-electron chi connectivity index (χ1n) is 6.25. The summed E-state index contributed by atoms with van der Waals surface area (Å²) in [6.07, 6.45) is 3.91. The summed E-state index contributed by atoms with van der Waals surface area (Å²) in [6.45, 7) is 6.08. The highest BCUT2D eigenvalue weighted by atomic mass is 32.1. The zero-order valence-corrected chi connectivity index (χ0v) is 11.5. The highest BCUT2D eigenvalue weighted by Crippen LogP contribution is 2.20. The maximum absolute atomic E-state index is 4.16. The molecule has 2 heterocycles. The van der Waals surface area contributed by atoms with Gasteiger partial charge in [0.15, 0.2) is 0 Å². The third-order valence-electron chi connectivity index (χ3n) is 2.65. The quantitative estimate of drug-likeness (QED) is 0.825. The zero-order valence-electron chi connectivity index (χ0n) is 10.7. The van der Waals surface area contributed by atoms with Crippen molar-refractivity contribution in [1.82, 2.24) is 29.9 Å². The van der Waals surface area contributed by atoms with E-state index >= 15 is 0 Å². The molecule has 0 spiro atoms. The Morgan fingerprint density at radius 3 is 2.94 bits per heavy atom. The van der Waals surface area contributed by atoms with Crippen molar-refractivity contribution in [3.8, 4) is 0 Å². The molecule has 1 atom stereocenters. The predicted molar refractivity (Wildman–Crippen MR) is 70.4 cm³/mol. The summed E-state index contributed by atoms with van der Waals surface area (Å²) in [5.74, 6) is 0. The fourth-order valence-corrected chi connectivity index (χ4v) is 2.30. The van der Waals surface area contributed by atoms with Crippen molar-refractivity contribution >= 4 is 11.5 Å². The third kappa shape index (κ3) is 2.91. The van der Waals surface area contributed by atoms with Crippen molar-refractivity contribution in [3.63, 3.8) is 0 Å². The number of aryl methyl sites for hydroxylation is 1. The Kier molecular flexibility index (Phi) is 4.77. The molecule has 0 aliphatic rings. The van der Waals surface area contributed by atoms with E-state index in [2.05, 4.69) is 39.1 Å². The number of aromatic nitrogens is 5. The molecular weight excluding hydrogens is 248 g/mol. The first-order chi connectivity index (χ1) is 8.86. The highest BCUT2D eigenvalue weighted by Gasteiger charge is 2.20. The number of hydrogen-bond acceptors (Lipinski definition) is 6. The van der Waals surface area contributed by atoms with Crippen LogP contribution in [0.5, 0.6) is 0 Å². The lowest BCUT2D eigenvalue weighted by atomic mass is 10.1. The lowest BCUT2D eigenvalue weighted by molar-refractivity contribution is 0.498. The van der Waals surface area contributed by atoms with Crippen molar-refractivity contribution in [2.45, 2.75) is 39.3 Å². The van der Waals surface area contributed by atoms with Gasteiger partial charge in [0.25, 0.3) is 0 Å². The van der Waals surface area contributed by atoms with E-state index in [4.69, 9.17) is 0 Å². The van der Waals surface area contributed by atoms with E-state index in [1.165, 1.54) is 11.5 Å². The molecule has 0 bridgehead atoms. The van der Waals surface area contributed by atoms with Crippen LogP contribution < -0.4 is 5.32 Å². The van der Waals surface area contributed by atoms with Crippen molar-refractivity contribution in [1.29, 1.82) is 0 Å². The summed E-state index contributed by atoms with van der Waals surface area (Å²) in [5.41, 5.74) is 1.99. The number of nitrogens with zero attached hydrogens (tertiary/aromatic N) is 5. The molecular formula is C11H18N6S. The van der Waals surface area contributed by atoms with Crippen LogP contribution in [-0.4, -0.2) is 31.1 Å². The monoisotopic (exact) mass is 266 g/mol. The Balaban J connectivity index is 2.24. The molecule has 1 N–H and O–H groups in total. The van der Waals surface area contributed by atoms with Gasteiger partial charge in [-0.3, -0.25) is 0 Å². The average molecular weight is 266 g/mol. The van der Waals surface area contributed by atoms with E-state index < -0.39 is 0 Å². The van der Waals surface area contributed by atoms with E-state index in [-0.39, 0.29) is 6.04 Å². The molecule has 6 nitrogen and oxygen atoms in total. The minimum atomic E-state index is 0.0326. The molecule has 0 aliphatic heterocycles. The first-order valence-corrected chi connectivity index (χ1v) is 7.09. The van der Waals surface area contributed by atoms with Crippen LogP contribution in [0.1, 0.15) is 44.1 Å². The normalized spacial score (nSPS) is 12.8. The van der Waals surface area contributed by atoms with E-state index in [0.29, 0.717) is 0 Å². The second-order valence-corrected chi connectivity index (χ2v) is 4.71. The number of nitrogens with one attached hydrogen (secondary N) is 1. The summed E-state index contributed by atoms with van der Waals surface area (Å²) < 4.78 is 5.88. The summed E-state index contributed by atoms with van der Waals surface area (Å²) in [4.78, 5) is 0. The average Bonchev–Trinajstić information content (AvgIpc) is 3.02. The van der Waals surface area contributed by atoms with Crippen LogP contribution in [0.2, 0.25) is 0 Å². The lowest BCUT2D eigenvalue weighted by Crippen LogP contribution is -2.26. The van der Waals surface area contributed by atoms with Gasteiger partial charge in [-0.25, -0.2) is 4.68 Å². The van der Waals surface area contributed by atoms with Gasteiger partial charge in [-0.2, -0.15) is 0 Å². The second-order valence-electron chi connectivity index (χ2n) is 4.10. The van der Waals surface area contributed by atoms with E-state index in [9.17, 15) is 0 Å². The molecule has 2 rings (SSSR count). The number of rotatable bonds is 7. The van der Waals surface area contributed by atoms with Gasteiger partial charge in [0, 0.05) is 11.9 Å². The molecule has 18 heavy (non-hydrogen) atoms. The van der Waals surface area contributed by atoms with Crippen molar-refractivity contribution < 1.29 is 0 Å². The molecule has 0 aliphatic carbocycles. The van der Waals surface area contributed by atoms with Crippen LogP contribution in [0.25, 0.3) is 0 Å². The maximum atomic E-state index is 4.16. The van der Waals surface area contributed by atoms with Crippen LogP contribution in [0.3, 0.4) is 0 Å². The Morgan fingerprint density at radius 2 is 2.28 bits per heavy atom. The smallest absolute Gasteiger partial charge is 0.0986 e. The summed E-state index contributed by atoms with van der Waals surface area (Å²) in [5, 5.41) is 17.7.